The molecule has 138 valence electrons. The lowest BCUT2D eigenvalue weighted by Crippen LogP contribution is -2.65. The van der Waals surface area contributed by atoms with Gasteiger partial charge in [0.1, 0.15) is 11.4 Å². The average Bonchev–Trinajstić information content (AvgIpc) is 3.43. The number of anilines is 1. The fourth-order valence-electron chi connectivity index (χ4n) is 3.81. The van der Waals surface area contributed by atoms with E-state index in [4.69, 9.17) is 0 Å². The fourth-order valence-corrected chi connectivity index (χ4v) is 3.81. The first kappa shape index (κ1) is 17.0. The number of nitrogens with zero attached hydrogens (tertiary/aromatic N) is 2. The van der Waals surface area contributed by atoms with E-state index >= 15 is 0 Å². The normalized spacial score (nSPS) is 22.5. The molecule has 1 aromatic heterocycles. The maximum absolute atomic E-state index is 14.8. The molecule has 1 saturated carbocycles. The molecule has 2 heterocycles. The van der Waals surface area contributed by atoms with Gasteiger partial charge >= 0.3 is 5.97 Å². The molecule has 1 aliphatic carbocycles. The molecular formula is C19H22FN3O3. The van der Waals surface area contributed by atoms with Crippen LogP contribution in [0.4, 0.5) is 10.1 Å². The van der Waals surface area contributed by atoms with Gasteiger partial charge in [-0.3, -0.25) is 4.79 Å². The summed E-state index contributed by atoms with van der Waals surface area (Å²) in [5, 5.41) is 12.8. The Hall–Kier alpha value is -2.41. The molecule has 26 heavy (non-hydrogen) atoms. The summed E-state index contributed by atoms with van der Waals surface area (Å²) >= 11 is 0. The zero-order chi connectivity index (χ0) is 18.6. The first-order chi connectivity index (χ1) is 12.4. The summed E-state index contributed by atoms with van der Waals surface area (Å²) in [5.41, 5.74) is 0.146. The molecular weight excluding hydrogens is 337 g/mol. The number of carboxylic acid groups (broad SMARTS) is 1. The van der Waals surface area contributed by atoms with E-state index in [0.29, 0.717) is 23.8 Å². The van der Waals surface area contributed by atoms with Crippen molar-refractivity contribution >= 4 is 22.6 Å². The van der Waals surface area contributed by atoms with E-state index in [1.807, 2.05) is 23.3 Å². The Bertz CT molecular complexity index is 951. The Balaban J connectivity index is 1.84. The summed E-state index contributed by atoms with van der Waals surface area (Å²) in [5.74, 6) is -1.76. The SMILES string of the molecule is CCN[C@H]1CN(c2cc3c(cc2F)c(=O)c(C(=O)O)cn3C2CC2)[C@H]1C. The van der Waals surface area contributed by atoms with Crippen LogP contribution >= 0.6 is 0 Å². The smallest absolute Gasteiger partial charge is 0.341 e. The molecule has 2 atom stereocenters. The van der Waals surface area contributed by atoms with Crippen molar-refractivity contribution in [2.24, 2.45) is 0 Å². The van der Waals surface area contributed by atoms with E-state index in [2.05, 4.69) is 5.32 Å². The molecule has 7 heteroatoms. The minimum atomic E-state index is -1.28. The summed E-state index contributed by atoms with van der Waals surface area (Å²) < 4.78 is 16.6. The second-order valence-corrected chi connectivity index (χ2v) is 7.19. The third kappa shape index (κ3) is 2.58. The van der Waals surface area contributed by atoms with Gasteiger partial charge in [-0.05, 0) is 38.4 Å². The number of carboxylic acids is 1. The monoisotopic (exact) mass is 359 g/mol. The van der Waals surface area contributed by atoms with Crippen LogP contribution in [0.2, 0.25) is 0 Å². The van der Waals surface area contributed by atoms with Gasteiger partial charge in [0.25, 0.3) is 0 Å². The molecule has 0 spiro atoms. The van der Waals surface area contributed by atoms with Crippen molar-refractivity contribution in [3.63, 3.8) is 0 Å². The van der Waals surface area contributed by atoms with Crippen LogP contribution in [0.5, 0.6) is 0 Å². The molecule has 1 saturated heterocycles. The molecule has 6 nitrogen and oxygen atoms in total. The van der Waals surface area contributed by atoms with Crippen LogP contribution in [-0.4, -0.2) is 40.8 Å². The summed E-state index contributed by atoms with van der Waals surface area (Å²) in [7, 11) is 0. The lowest BCUT2D eigenvalue weighted by atomic mass is 9.96. The quantitative estimate of drug-likeness (QED) is 0.857. The van der Waals surface area contributed by atoms with E-state index in [9.17, 15) is 19.1 Å². The Labute approximate surface area is 150 Å². The van der Waals surface area contributed by atoms with Gasteiger partial charge in [-0.25, -0.2) is 9.18 Å². The molecule has 0 amide bonds. The van der Waals surface area contributed by atoms with Crippen molar-refractivity contribution in [3.8, 4) is 0 Å². The van der Waals surface area contributed by atoms with Crippen LogP contribution in [0.3, 0.4) is 0 Å². The summed E-state index contributed by atoms with van der Waals surface area (Å²) in [6.45, 7) is 5.66. The van der Waals surface area contributed by atoms with Crippen molar-refractivity contribution in [1.29, 1.82) is 0 Å². The number of carbonyl (C=O) groups is 1. The Kier molecular flexibility index (Phi) is 3.99. The lowest BCUT2D eigenvalue weighted by Gasteiger charge is -2.48. The minimum absolute atomic E-state index is 0.134. The third-order valence-electron chi connectivity index (χ3n) is 5.51. The van der Waals surface area contributed by atoms with Crippen LogP contribution in [0.25, 0.3) is 10.9 Å². The van der Waals surface area contributed by atoms with Crippen LogP contribution < -0.4 is 15.6 Å². The zero-order valence-corrected chi connectivity index (χ0v) is 14.8. The molecule has 0 unspecified atom stereocenters. The predicted octanol–water partition coefficient (Wildman–Crippen LogP) is 2.36. The second-order valence-electron chi connectivity index (χ2n) is 7.19. The van der Waals surface area contributed by atoms with Crippen molar-refractivity contribution in [1.82, 2.24) is 9.88 Å². The number of aromatic carboxylic acids is 1. The van der Waals surface area contributed by atoms with E-state index in [0.717, 1.165) is 19.4 Å². The minimum Gasteiger partial charge on any atom is -0.477 e. The van der Waals surface area contributed by atoms with Crippen molar-refractivity contribution in [3.05, 3.63) is 39.9 Å². The molecule has 2 aliphatic rings. The number of rotatable bonds is 5. The molecule has 4 rings (SSSR count). The fraction of sp³-hybridized carbons (Fsp3) is 0.474. The Morgan fingerprint density at radius 1 is 1.38 bits per heavy atom. The zero-order valence-electron chi connectivity index (χ0n) is 14.8. The highest BCUT2D eigenvalue weighted by Crippen LogP contribution is 2.39. The number of halogens is 1. The van der Waals surface area contributed by atoms with Crippen LogP contribution in [0, 0.1) is 5.82 Å². The number of nitrogens with one attached hydrogen (secondary N) is 1. The standard InChI is InChI=1S/C19H22FN3O3/c1-3-21-15-9-22(10(15)2)17-7-16-12(6-14(17)20)18(24)13(19(25)26)8-23(16)11-4-5-11/h6-8,10-11,15,21H,3-5,9H2,1-2H3,(H,25,26)/t10-,15-/m0/s1. The highest BCUT2D eigenvalue weighted by Gasteiger charge is 2.37. The third-order valence-corrected chi connectivity index (χ3v) is 5.51. The number of fused-ring (bicyclic) bond motifs is 1. The van der Waals surface area contributed by atoms with Gasteiger partial charge in [0.05, 0.1) is 11.2 Å². The molecule has 2 aromatic rings. The number of hydrogen-bond acceptors (Lipinski definition) is 4. The highest BCUT2D eigenvalue weighted by atomic mass is 19.1. The summed E-state index contributed by atoms with van der Waals surface area (Å²) in [4.78, 5) is 25.9. The molecule has 1 aromatic carbocycles. The number of benzene rings is 1. The van der Waals surface area contributed by atoms with Crippen LogP contribution in [0.15, 0.2) is 23.1 Å². The second kappa shape index (κ2) is 6.09. The van der Waals surface area contributed by atoms with Crippen molar-refractivity contribution in [2.75, 3.05) is 18.0 Å². The van der Waals surface area contributed by atoms with E-state index < -0.39 is 17.2 Å². The number of hydrogen-bond donors (Lipinski definition) is 2. The van der Waals surface area contributed by atoms with E-state index in [1.165, 1.54) is 12.3 Å². The van der Waals surface area contributed by atoms with Gasteiger partial charge in [-0.1, -0.05) is 6.92 Å². The number of aromatic nitrogens is 1. The highest BCUT2D eigenvalue weighted by molar-refractivity contribution is 5.93. The topological polar surface area (TPSA) is 74.6 Å². The van der Waals surface area contributed by atoms with Gasteiger partial charge in [-0.15, -0.1) is 0 Å². The van der Waals surface area contributed by atoms with Crippen LogP contribution in [0.1, 0.15) is 43.1 Å². The van der Waals surface area contributed by atoms with Gasteiger partial charge < -0.3 is 19.9 Å². The maximum atomic E-state index is 14.8. The summed E-state index contributed by atoms with van der Waals surface area (Å²) in [6, 6.07) is 3.55. The summed E-state index contributed by atoms with van der Waals surface area (Å²) in [6.07, 6.45) is 3.28. The average molecular weight is 359 g/mol. The first-order valence-electron chi connectivity index (χ1n) is 9.04. The van der Waals surface area contributed by atoms with Gasteiger partial charge in [0, 0.05) is 36.3 Å². The lowest BCUT2D eigenvalue weighted by molar-refractivity contribution is 0.0695. The van der Waals surface area contributed by atoms with Gasteiger partial charge in [0.2, 0.25) is 5.43 Å². The molecule has 2 fully saturated rings. The van der Waals surface area contributed by atoms with Crippen LogP contribution in [-0.2, 0) is 0 Å². The Morgan fingerprint density at radius 3 is 2.69 bits per heavy atom. The van der Waals surface area contributed by atoms with Gasteiger partial charge in [-0.2, -0.15) is 0 Å². The molecule has 0 radical (unpaired) electrons. The Morgan fingerprint density at radius 2 is 2.12 bits per heavy atom. The van der Waals surface area contributed by atoms with Crippen molar-refractivity contribution < 1.29 is 14.3 Å². The largest absolute Gasteiger partial charge is 0.477 e. The maximum Gasteiger partial charge on any atom is 0.341 e. The number of pyridine rings is 1. The number of likely N-dealkylation sites (N-methyl/N-ethyl adjacent to an activating group) is 1. The molecule has 1 aliphatic heterocycles. The van der Waals surface area contributed by atoms with Crippen molar-refractivity contribution in [2.45, 2.75) is 44.8 Å². The van der Waals surface area contributed by atoms with E-state index in [1.54, 1.807) is 6.07 Å². The molecule has 2 N–H and O–H groups in total. The van der Waals surface area contributed by atoms with Gasteiger partial charge in [0.15, 0.2) is 0 Å². The van der Waals surface area contributed by atoms with E-state index in [-0.39, 0.29) is 23.0 Å². The molecule has 0 bridgehead atoms. The predicted molar refractivity (Wildman–Crippen MR) is 97.7 cm³/mol. The first-order valence-corrected chi connectivity index (χ1v) is 9.04.